The number of aliphatic hydroxyl groups is 1. The minimum Gasteiger partial charge on any atom is -0.460 e. The number of ether oxygens (including phenoxy) is 1. The predicted molar refractivity (Wildman–Crippen MR) is 199 cm³/mol. The second-order valence-electron chi connectivity index (χ2n) is 16.4. The largest absolute Gasteiger partial charge is 0.460 e. The van der Waals surface area contributed by atoms with Gasteiger partial charge >= 0.3 is 5.97 Å². The number of allylic oxidation sites excluding steroid dienone is 2. The highest BCUT2D eigenvalue weighted by Crippen LogP contribution is 2.38. The van der Waals surface area contributed by atoms with Crippen LogP contribution in [0.3, 0.4) is 0 Å². The van der Waals surface area contributed by atoms with Crippen molar-refractivity contribution in [2.24, 2.45) is 11.8 Å². The number of hydrogen-bond acceptors (Lipinski definition) is 9. The number of amides is 2. The smallest absolute Gasteiger partial charge is 0.329 e. The van der Waals surface area contributed by atoms with Crippen LogP contribution in [0.4, 0.5) is 0 Å². The molecule has 11 nitrogen and oxygen atoms in total. The van der Waals surface area contributed by atoms with Crippen molar-refractivity contribution >= 4 is 45.3 Å². The zero-order chi connectivity index (χ0) is 37.6. The lowest BCUT2D eigenvalue weighted by atomic mass is 9.93. The summed E-state index contributed by atoms with van der Waals surface area (Å²) in [5.41, 5.74) is 1.02. The van der Waals surface area contributed by atoms with E-state index in [-0.39, 0.29) is 54.3 Å². The number of Topliss-reactive ketones (excluding diaryl/α,β-unsaturated/α-hetero) is 1. The first-order valence-corrected chi connectivity index (χ1v) is 24.2. The number of cyclic esters (lactones) is 1. The molecule has 0 aliphatic carbocycles. The van der Waals surface area contributed by atoms with E-state index in [1.807, 2.05) is 51.7 Å². The number of hydrogen-bond donors (Lipinski definition) is 2. The molecule has 1 aromatic heterocycles. The van der Waals surface area contributed by atoms with E-state index in [4.69, 9.17) is 13.6 Å². The minimum atomic E-state index is -2.27. The number of oxazole rings is 1. The third-order valence-corrected chi connectivity index (χ3v) is 16.0. The maximum Gasteiger partial charge on any atom is 0.329 e. The molecule has 278 valence electrons. The van der Waals surface area contributed by atoms with Crippen LogP contribution in [0.1, 0.15) is 77.2 Å². The van der Waals surface area contributed by atoms with Crippen LogP contribution in [0.25, 0.3) is 0 Å². The van der Waals surface area contributed by atoms with Gasteiger partial charge in [0, 0.05) is 38.0 Å². The maximum atomic E-state index is 14.1. The highest BCUT2D eigenvalue weighted by atomic mass is 28.4. The molecular weight excluding hydrogens is 671 g/mol. The van der Waals surface area contributed by atoms with Crippen molar-refractivity contribution in [3.05, 3.63) is 47.5 Å². The van der Waals surface area contributed by atoms with Gasteiger partial charge in [-0.3, -0.25) is 14.4 Å². The summed E-state index contributed by atoms with van der Waals surface area (Å²) in [5.74, 6) is -2.09. The lowest BCUT2D eigenvalue weighted by molar-refractivity contribution is -0.159. The van der Waals surface area contributed by atoms with Crippen LogP contribution in [-0.4, -0.2) is 92.9 Å². The van der Waals surface area contributed by atoms with E-state index < -0.39 is 58.4 Å². The molecule has 0 aromatic carbocycles. The van der Waals surface area contributed by atoms with Gasteiger partial charge in [-0.1, -0.05) is 84.1 Å². The molecule has 1 aromatic rings. The quantitative estimate of drug-likeness (QED) is 0.313. The second kappa shape index (κ2) is 16.9. The van der Waals surface area contributed by atoms with Crippen LogP contribution in [0.5, 0.6) is 0 Å². The molecule has 13 heteroatoms. The van der Waals surface area contributed by atoms with Gasteiger partial charge in [-0.15, -0.1) is 0 Å². The average molecular weight is 730 g/mol. The van der Waals surface area contributed by atoms with Crippen molar-refractivity contribution < 1.29 is 37.9 Å². The van der Waals surface area contributed by atoms with Gasteiger partial charge in [0.25, 0.3) is 5.91 Å². The molecule has 2 aliphatic heterocycles. The van der Waals surface area contributed by atoms with Crippen molar-refractivity contribution in [1.29, 1.82) is 0 Å². The zero-order valence-corrected chi connectivity index (χ0v) is 33.9. The molecule has 2 amide bonds. The first-order chi connectivity index (χ1) is 23.1. The van der Waals surface area contributed by atoms with Crippen molar-refractivity contribution in [3.8, 4) is 0 Å². The summed E-state index contributed by atoms with van der Waals surface area (Å²) in [5, 5.41) is 13.2. The van der Waals surface area contributed by atoms with Crippen molar-refractivity contribution in [2.75, 3.05) is 19.7 Å². The Hall–Kier alpha value is -3.14. The molecule has 3 heterocycles. The molecule has 1 fully saturated rings. The molecule has 5 atom stereocenters. The number of esters is 1. The molecule has 2 bridgehead atoms. The number of nitrogens with one attached hydrogen (secondary N) is 1. The Morgan fingerprint density at radius 3 is 2.42 bits per heavy atom. The summed E-state index contributed by atoms with van der Waals surface area (Å²) in [6, 6.07) is -0.844. The molecular formula is C37H59N3O8Si2. The first kappa shape index (κ1) is 41.3. The van der Waals surface area contributed by atoms with Crippen LogP contribution in [0.2, 0.25) is 37.8 Å². The molecule has 50 heavy (non-hydrogen) atoms. The molecule has 2 N–H and O–H groups in total. The number of carbonyl (C=O) groups excluding carboxylic acids is 4. The van der Waals surface area contributed by atoms with Crippen LogP contribution in [0, 0.1) is 11.8 Å². The van der Waals surface area contributed by atoms with Crippen LogP contribution in [0.15, 0.2) is 40.4 Å². The molecule has 1 unspecified atom stereocenters. The lowest BCUT2D eigenvalue weighted by Gasteiger charge is -2.38. The summed E-state index contributed by atoms with van der Waals surface area (Å²) >= 11 is 0. The number of nitrogens with zero attached hydrogens (tertiary/aromatic N) is 2. The number of ketones is 1. The SMILES string of the molecule is CC1=C\C(O[Si](C)(C)C(C)(C)C)CC(=O)Cc2nc(c([Si](C)(C)C)o2)C(=O)N2CCC[C@@H]2C(=O)O[C@H]([C@@H](C)CO)[C@H](C)/C=C/C(=O)NC\C=C\1. The summed E-state index contributed by atoms with van der Waals surface area (Å²) in [4.78, 5) is 60.2. The van der Waals surface area contributed by atoms with E-state index >= 15 is 0 Å². The van der Waals surface area contributed by atoms with Crippen LogP contribution >= 0.6 is 0 Å². The van der Waals surface area contributed by atoms with Crippen LogP contribution < -0.4 is 10.7 Å². The number of rotatable bonds is 5. The van der Waals surface area contributed by atoms with Crippen LogP contribution in [-0.2, 0) is 30.0 Å². The second-order valence-corrected chi connectivity index (χ2v) is 26.1. The Balaban J connectivity index is 2.07. The minimum absolute atomic E-state index is 0.0806. The predicted octanol–water partition coefficient (Wildman–Crippen LogP) is 5.08. The van der Waals surface area contributed by atoms with Crippen molar-refractivity contribution in [3.63, 3.8) is 0 Å². The Morgan fingerprint density at radius 1 is 1.12 bits per heavy atom. The lowest BCUT2D eigenvalue weighted by Crippen LogP contribution is -2.48. The molecule has 2 aliphatic rings. The highest BCUT2D eigenvalue weighted by molar-refractivity contribution is 6.88. The van der Waals surface area contributed by atoms with E-state index in [2.05, 4.69) is 44.2 Å². The van der Waals surface area contributed by atoms with E-state index in [9.17, 15) is 24.3 Å². The van der Waals surface area contributed by atoms with Gasteiger partial charge in [-0.2, -0.15) is 0 Å². The number of aliphatic hydroxyl groups excluding tert-OH is 1. The zero-order valence-electron chi connectivity index (χ0n) is 31.9. The standard InChI is InChI=1S/C37H59N3O8Si2/c1-24-14-12-18-38-30(43)17-16-25(2)33(26(3)23-41)47-35(45)29-15-13-19-40(29)34(44)32-36(49(7,8)9)46-31(39-32)22-27(42)21-28(20-24)48-50(10,11)37(4,5)6/h12,14,16-17,20,25-26,28-29,33,41H,13,15,18-19,21-23H2,1-11H3,(H,38,43)/b14-12+,17-16+,24-20+/t25-,26+,28?,29-,33+/m1/s1. The molecule has 1 saturated heterocycles. The average Bonchev–Trinajstić information content (AvgIpc) is 3.67. The molecule has 0 spiro atoms. The van der Waals surface area contributed by atoms with Gasteiger partial charge in [0.1, 0.15) is 31.4 Å². The Bertz CT molecular complexity index is 1480. The topological polar surface area (TPSA) is 148 Å². The third-order valence-electron chi connectivity index (χ3n) is 9.76. The van der Waals surface area contributed by atoms with E-state index in [1.54, 1.807) is 13.0 Å². The Kier molecular flexibility index (Phi) is 14.0. The fraction of sp³-hybridized carbons (Fsp3) is 0.649. The maximum absolute atomic E-state index is 14.1. The van der Waals surface area contributed by atoms with Gasteiger partial charge in [-0.25, -0.2) is 9.78 Å². The van der Waals surface area contributed by atoms with Gasteiger partial charge in [-0.05, 0) is 44.0 Å². The monoisotopic (exact) mass is 729 g/mol. The third kappa shape index (κ3) is 10.9. The summed E-state index contributed by atoms with van der Waals surface area (Å²) in [6.07, 6.45) is 8.51. The van der Waals surface area contributed by atoms with E-state index in [1.165, 1.54) is 11.0 Å². The van der Waals surface area contributed by atoms with E-state index in [0.29, 0.717) is 24.8 Å². The first-order valence-electron chi connectivity index (χ1n) is 17.8. The summed E-state index contributed by atoms with van der Waals surface area (Å²) < 4.78 is 18.9. The summed E-state index contributed by atoms with van der Waals surface area (Å²) in [7, 11) is -4.54. The van der Waals surface area contributed by atoms with Crippen molar-refractivity contribution in [2.45, 2.75) is 123 Å². The fourth-order valence-corrected chi connectivity index (χ4v) is 8.42. The molecule has 3 rings (SSSR count). The Labute approximate surface area is 300 Å². The van der Waals surface area contributed by atoms with Gasteiger partial charge in [0.15, 0.2) is 14.0 Å². The number of carbonyl (C=O) groups is 4. The fourth-order valence-electron chi connectivity index (χ4n) is 5.86. The number of aromatic nitrogens is 1. The summed E-state index contributed by atoms with van der Waals surface area (Å²) in [6.45, 7) is 22.8. The number of fused-ring (bicyclic) bond motifs is 3. The normalized spacial score (nSPS) is 27.1. The van der Waals surface area contributed by atoms with Gasteiger partial charge in [0.2, 0.25) is 11.8 Å². The van der Waals surface area contributed by atoms with E-state index in [0.717, 1.165) is 5.57 Å². The molecule has 0 saturated carbocycles. The van der Waals surface area contributed by atoms with Gasteiger partial charge < -0.3 is 28.9 Å². The highest BCUT2D eigenvalue weighted by Gasteiger charge is 2.42. The van der Waals surface area contributed by atoms with Crippen molar-refractivity contribution in [1.82, 2.24) is 15.2 Å². The Morgan fingerprint density at radius 2 is 1.80 bits per heavy atom. The van der Waals surface area contributed by atoms with Gasteiger partial charge in [0.05, 0.1) is 12.5 Å². The molecule has 0 radical (unpaired) electrons.